The number of rotatable bonds is 4. The minimum Gasteiger partial charge on any atom is -0.486 e. The molecule has 1 N–H and O–H groups in total. The highest BCUT2D eigenvalue weighted by Crippen LogP contribution is 2.46. The van der Waals surface area contributed by atoms with Crippen LogP contribution in [-0.2, 0) is 21.4 Å². The molecule has 2 amide bonds. The number of ether oxygens (including phenoxy) is 2. The van der Waals surface area contributed by atoms with E-state index in [-0.39, 0.29) is 43.2 Å². The maximum absolute atomic E-state index is 13.5. The Labute approximate surface area is 238 Å². The molecule has 12 heteroatoms. The van der Waals surface area contributed by atoms with E-state index in [2.05, 4.69) is 0 Å². The van der Waals surface area contributed by atoms with Gasteiger partial charge >= 0.3 is 6.09 Å². The molecular weight excluding hydrogens is 550 g/mol. The first-order chi connectivity index (χ1) is 19.4. The second-order valence-electron chi connectivity index (χ2n) is 11.8. The van der Waals surface area contributed by atoms with Gasteiger partial charge in [0.1, 0.15) is 13.2 Å². The molecule has 0 spiro atoms. The molecule has 0 bridgehead atoms. The molecule has 1 atom stereocenters. The smallest absolute Gasteiger partial charge is 0.408 e. The molecule has 41 heavy (non-hydrogen) atoms. The Bertz CT molecular complexity index is 1610. The normalized spacial score (nSPS) is 20.3. The summed E-state index contributed by atoms with van der Waals surface area (Å²) in [5.41, 5.74) is 2.69. The van der Waals surface area contributed by atoms with Crippen molar-refractivity contribution in [2.75, 3.05) is 39.4 Å². The molecule has 0 fully saturated rings. The van der Waals surface area contributed by atoms with Crippen LogP contribution in [0.4, 0.5) is 4.79 Å². The summed E-state index contributed by atoms with van der Waals surface area (Å²) in [6.45, 7) is 7.19. The fourth-order valence-electron chi connectivity index (χ4n) is 6.24. The zero-order valence-corrected chi connectivity index (χ0v) is 23.9. The topological polar surface area (TPSA) is 134 Å². The van der Waals surface area contributed by atoms with Crippen molar-refractivity contribution in [3.63, 3.8) is 0 Å². The lowest BCUT2D eigenvalue weighted by atomic mass is 9.81. The van der Waals surface area contributed by atoms with Crippen molar-refractivity contribution in [3.05, 3.63) is 64.2 Å². The molecule has 2 aromatic rings. The van der Waals surface area contributed by atoms with E-state index in [9.17, 15) is 27.9 Å². The van der Waals surface area contributed by atoms with Crippen LogP contribution in [0.2, 0.25) is 0 Å². The van der Waals surface area contributed by atoms with Gasteiger partial charge in [-0.3, -0.25) is 14.5 Å². The van der Waals surface area contributed by atoms with Crippen LogP contribution in [0.5, 0.6) is 11.5 Å². The van der Waals surface area contributed by atoms with E-state index in [1.165, 1.54) is 26.2 Å². The van der Waals surface area contributed by atoms with E-state index in [1.807, 2.05) is 26.8 Å². The molecule has 4 aliphatic rings. The van der Waals surface area contributed by atoms with Crippen LogP contribution < -0.4 is 9.47 Å². The summed E-state index contributed by atoms with van der Waals surface area (Å²) in [7, 11) is -3.81. The molecular formula is C29H31N3O8S. The molecule has 0 radical (unpaired) electrons. The molecule has 0 aromatic heterocycles. The zero-order chi connectivity index (χ0) is 29.3. The second-order valence-corrected chi connectivity index (χ2v) is 13.8. The number of benzene rings is 2. The van der Waals surface area contributed by atoms with Crippen molar-refractivity contribution in [3.8, 4) is 11.5 Å². The molecule has 0 saturated heterocycles. The van der Waals surface area contributed by atoms with Crippen molar-refractivity contribution in [2.45, 2.75) is 38.3 Å². The molecule has 216 valence electrons. The number of hydrogen-bond donors (Lipinski definition) is 1. The Morgan fingerprint density at radius 2 is 1.56 bits per heavy atom. The maximum Gasteiger partial charge on any atom is 0.408 e. The van der Waals surface area contributed by atoms with E-state index >= 15 is 0 Å². The SMILES string of the molecule is CC(C)(C)C1c2cccc(C(=O)C(=O)N3CC4=C(C3)CN(S(=O)(=O)c3ccc5c(c3)OCCO5)C4)c2CN1C(=O)O. The van der Waals surface area contributed by atoms with Crippen LogP contribution in [0.25, 0.3) is 0 Å². The van der Waals surface area contributed by atoms with Gasteiger partial charge in [-0.2, -0.15) is 4.31 Å². The van der Waals surface area contributed by atoms with Crippen molar-refractivity contribution in [2.24, 2.45) is 5.41 Å². The van der Waals surface area contributed by atoms with Crippen molar-refractivity contribution in [1.82, 2.24) is 14.1 Å². The average molecular weight is 582 g/mol. The third kappa shape index (κ3) is 4.55. The Hall–Kier alpha value is -3.90. The van der Waals surface area contributed by atoms with Crippen molar-refractivity contribution < 1.29 is 37.4 Å². The third-order valence-electron chi connectivity index (χ3n) is 8.09. The summed E-state index contributed by atoms with van der Waals surface area (Å²) in [5, 5.41) is 9.83. The lowest BCUT2D eigenvalue weighted by Crippen LogP contribution is -2.39. The Morgan fingerprint density at radius 3 is 2.20 bits per heavy atom. The van der Waals surface area contributed by atoms with E-state index in [4.69, 9.17) is 9.47 Å². The number of Topliss-reactive ketones (excluding diaryl/α,β-unsaturated/α-hetero) is 1. The van der Waals surface area contributed by atoms with Gasteiger partial charge in [0.25, 0.3) is 11.7 Å². The maximum atomic E-state index is 13.5. The summed E-state index contributed by atoms with van der Waals surface area (Å²) in [6, 6.07) is 9.18. The lowest BCUT2D eigenvalue weighted by molar-refractivity contribution is -0.125. The summed E-state index contributed by atoms with van der Waals surface area (Å²) < 4.78 is 39.1. The number of carboxylic acid groups (broad SMARTS) is 1. The van der Waals surface area contributed by atoms with Crippen LogP contribution in [0.1, 0.15) is 48.3 Å². The molecule has 0 aliphatic carbocycles. The first-order valence-electron chi connectivity index (χ1n) is 13.4. The highest BCUT2D eigenvalue weighted by atomic mass is 32.2. The number of carbonyl (C=O) groups excluding carboxylic acids is 2. The zero-order valence-electron chi connectivity index (χ0n) is 23.0. The van der Waals surface area contributed by atoms with Crippen LogP contribution in [0.3, 0.4) is 0 Å². The van der Waals surface area contributed by atoms with E-state index in [1.54, 1.807) is 18.2 Å². The number of ketones is 1. The largest absolute Gasteiger partial charge is 0.486 e. The van der Waals surface area contributed by atoms with Gasteiger partial charge in [0.2, 0.25) is 10.0 Å². The minimum absolute atomic E-state index is 0.0310. The van der Waals surface area contributed by atoms with Crippen LogP contribution >= 0.6 is 0 Å². The number of carbonyl (C=O) groups is 3. The van der Waals surface area contributed by atoms with Crippen LogP contribution in [-0.4, -0.2) is 84.8 Å². The van der Waals surface area contributed by atoms with E-state index in [0.29, 0.717) is 30.3 Å². The lowest BCUT2D eigenvalue weighted by Gasteiger charge is -2.33. The summed E-state index contributed by atoms with van der Waals surface area (Å²) in [4.78, 5) is 41.7. The molecule has 2 aromatic carbocycles. The standard InChI is InChI=1S/C29H31N3O8S/c1-29(2,3)26-21-6-4-5-20(22(21)16-32(26)28(35)36)25(33)27(34)30-12-17-14-31(15-18(17)13-30)41(37,38)19-7-8-23-24(11-19)40-10-9-39-23/h4-8,11,26H,9-10,12-16H2,1-3H3,(H,35,36). The van der Waals surface area contributed by atoms with Gasteiger partial charge in [-0.25, -0.2) is 13.2 Å². The highest BCUT2D eigenvalue weighted by molar-refractivity contribution is 7.89. The number of amides is 2. The average Bonchev–Trinajstić information content (AvgIpc) is 3.63. The van der Waals surface area contributed by atoms with E-state index < -0.39 is 39.3 Å². The molecule has 1 unspecified atom stereocenters. The van der Waals surface area contributed by atoms with Gasteiger partial charge in [0, 0.05) is 37.8 Å². The highest BCUT2D eigenvalue weighted by Gasteiger charge is 2.44. The first-order valence-corrected chi connectivity index (χ1v) is 14.8. The number of fused-ring (bicyclic) bond motifs is 2. The molecule has 11 nitrogen and oxygen atoms in total. The predicted molar refractivity (Wildman–Crippen MR) is 146 cm³/mol. The summed E-state index contributed by atoms with van der Waals surface area (Å²) in [6.07, 6.45) is -1.08. The Balaban J connectivity index is 1.16. The Morgan fingerprint density at radius 1 is 0.902 bits per heavy atom. The second kappa shape index (κ2) is 9.59. The van der Waals surface area contributed by atoms with E-state index in [0.717, 1.165) is 16.7 Å². The third-order valence-corrected chi connectivity index (χ3v) is 9.88. The summed E-state index contributed by atoms with van der Waals surface area (Å²) >= 11 is 0. The molecule has 4 heterocycles. The van der Waals surface area contributed by atoms with Crippen molar-refractivity contribution in [1.29, 1.82) is 0 Å². The number of hydrogen-bond acceptors (Lipinski definition) is 7. The first kappa shape index (κ1) is 27.3. The predicted octanol–water partition coefficient (Wildman–Crippen LogP) is 3.06. The van der Waals surface area contributed by atoms with Gasteiger partial charge < -0.3 is 19.5 Å². The molecule has 4 aliphatic heterocycles. The molecule has 6 rings (SSSR count). The molecule has 0 saturated carbocycles. The van der Waals surface area contributed by atoms with Gasteiger partial charge in [-0.15, -0.1) is 0 Å². The van der Waals surface area contributed by atoms with Crippen molar-refractivity contribution >= 4 is 27.8 Å². The monoisotopic (exact) mass is 581 g/mol. The van der Waals surface area contributed by atoms with Gasteiger partial charge in [0.05, 0.1) is 17.5 Å². The quantitative estimate of drug-likeness (QED) is 0.331. The Kier molecular flexibility index (Phi) is 6.38. The number of sulfonamides is 1. The van der Waals surface area contributed by atoms with Crippen LogP contribution in [0.15, 0.2) is 52.4 Å². The summed E-state index contributed by atoms with van der Waals surface area (Å²) in [5.74, 6) is -0.483. The minimum atomic E-state index is -3.81. The van der Waals surface area contributed by atoms with Gasteiger partial charge in [0.15, 0.2) is 11.5 Å². The number of nitrogens with zero attached hydrogens (tertiary/aromatic N) is 3. The van der Waals surface area contributed by atoms with Gasteiger partial charge in [-0.1, -0.05) is 39.0 Å². The van der Waals surface area contributed by atoms with Gasteiger partial charge in [-0.05, 0) is 39.8 Å². The fraction of sp³-hybridized carbons (Fsp3) is 0.414. The fourth-order valence-corrected chi connectivity index (χ4v) is 7.69. The van der Waals surface area contributed by atoms with Crippen LogP contribution in [0, 0.1) is 5.41 Å².